The molecule has 9 heteroatoms. The number of pyridine rings is 1. The fraction of sp³-hybridized carbons (Fsp3) is 0.0714. The Labute approximate surface area is 134 Å². The third kappa shape index (κ3) is 3.27. The lowest BCUT2D eigenvalue weighted by Crippen LogP contribution is -2.00. The summed E-state index contributed by atoms with van der Waals surface area (Å²) in [5.74, 6) is 0.0568. The molecule has 0 fully saturated rings. The van der Waals surface area contributed by atoms with Gasteiger partial charge in [0.05, 0.1) is 10.6 Å². The summed E-state index contributed by atoms with van der Waals surface area (Å²) in [5, 5.41) is 19.1. The van der Waals surface area contributed by atoms with Crippen LogP contribution < -0.4 is 4.74 Å². The molecule has 0 amide bonds. The first kappa shape index (κ1) is 14.9. The number of benzene rings is 1. The molecule has 0 N–H and O–H groups in total. The maximum Gasteiger partial charge on any atom is 0.406 e. The topological polar surface area (TPSA) is 104 Å². The van der Waals surface area contributed by atoms with Crippen LogP contribution in [-0.4, -0.2) is 20.1 Å². The standard InChI is InChI=1S/C14H9ClN4O4/c15-10-5-2-1-4-9(10)14-18-17-12(23-14)8-22-11-6-3-7-16-13(11)19(20)21/h1-7H,8H2. The van der Waals surface area contributed by atoms with E-state index in [0.29, 0.717) is 10.6 Å². The van der Waals surface area contributed by atoms with E-state index in [2.05, 4.69) is 15.2 Å². The number of aromatic nitrogens is 3. The van der Waals surface area contributed by atoms with E-state index in [1.807, 2.05) is 0 Å². The van der Waals surface area contributed by atoms with Gasteiger partial charge in [0.25, 0.3) is 5.89 Å². The van der Waals surface area contributed by atoms with Crippen LogP contribution in [0.3, 0.4) is 0 Å². The van der Waals surface area contributed by atoms with Gasteiger partial charge in [-0.05, 0) is 34.2 Å². The highest BCUT2D eigenvalue weighted by molar-refractivity contribution is 6.33. The average molecular weight is 333 g/mol. The van der Waals surface area contributed by atoms with Crippen molar-refractivity contribution >= 4 is 17.4 Å². The third-order valence-corrected chi connectivity index (χ3v) is 3.18. The van der Waals surface area contributed by atoms with Crippen LogP contribution in [-0.2, 0) is 6.61 Å². The maximum absolute atomic E-state index is 10.9. The van der Waals surface area contributed by atoms with Gasteiger partial charge in [0.15, 0.2) is 6.61 Å². The molecular weight excluding hydrogens is 324 g/mol. The minimum absolute atomic E-state index is 0.0231. The van der Waals surface area contributed by atoms with Crippen LogP contribution >= 0.6 is 11.6 Å². The maximum atomic E-state index is 10.9. The van der Waals surface area contributed by atoms with Crippen molar-refractivity contribution in [3.63, 3.8) is 0 Å². The Morgan fingerprint density at radius 1 is 1.22 bits per heavy atom. The summed E-state index contributed by atoms with van der Waals surface area (Å²) in [4.78, 5) is 13.9. The largest absolute Gasteiger partial charge is 0.476 e. The van der Waals surface area contributed by atoms with Crippen molar-refractivity contribution in [3.05, 3.63) is 63.6 Å². The first-order chi connectivity index (χ1) is 11.1. The van der Waals surface area contributed by atoms with Gasteiger partial charge in [-0.2, -0.15) is 0 Å². The Kier molecular flexibility index (Phi) is 4.15. The quantitative estimate of drug-likeness (QED) is 0.521. The van der Waals surface area contributed by atoms with Crippen LogP contribution in [0.25, 0.3) is 11.5 Å². The Balaban J connectivity index is 1.76. The van der Waals surface area contributed by atoms with Crippen LogP contribution in [0.15, 0.2) is 47.0 Å². The fourth-order valence-electron chi connectivity index (χ4n) is 1.83. The molecule has 116 valence electrons. The number of ether oxygens (including phenoxy) is 1. The summed E-state index contributed by atoms with van der Waals surface area (Å²) >= 11 is 6.05. The molecule has 0 unspecified atom stereocenters. The van der Waals surface area contributed by atoms with Crippen LogP contribution in [0.5, 0.6) is 5.75 Å². The summed E-state index contributed by atoms with van der Waals surface area (Å²) in [6.07, 6.45) is 1.31. The van der Waals surface area contributed by atoms with Crippen LogP contribution in [0.4, 0.5) is 5.82 Å². The molecule has 0 atom stereocenters. The number of hydrogen-bond acceptors (Lipinski definition) is 7. The highest BCUT2D eigenvalue weighted by atomic mass is 35.5. The summed E-state index contributed by atoms with van der Waals surface area (Å²) < 4.78 is 10.8. The van der Waals surface area contributed by atoms with Gasteiger partial charge in [-0.1, -0.05) is 23.7 Å². The minimum atomic E-state index is -0.627. The van der Waals surface area contributed by atoms with Gasteiger partial charge in [0.1, 0.15) is 6.20 Å². The molecule has 23 heavy (non-hydrogen) atoms. The van der Waals surface area contributed by atoms with E-state index in [9.17, 15) is 10.1 Å². The highest BCUT2D eigenvalue weighted by Gasteiger charge is 2.17. The Morgan fingerprint density at radius 2 is 2.04 bits per heavy atom. The van der Waals surface area contributed by atoms with Crippen molar-refractivity contribution < 1.29 is 14.1 Å². The Morgan fingerprint density at radius 3 is 2.83 bits per heavy atom. The molecule has 3 aromatic rings. The lowest BCUT2D eigenvalue weighted by Gasteiger charge is -2.02. The summed E-state index contributed by atoms with van der Waals surface area (Å²) in [6.45, 7) is -0.121. The molecule has 0 aliphatic rings. The van der Waals surface area contributed by atoms with Crippen molar-refractivity contribution in [1.29, 1.82) is 0 Å². The monoisotopic (exact) mass is 332 g/mol. The Hall–Kier alpha value is -3.00. The Bertz CT molecular complexity index is 852. The smallest absolute Gasteiger partial charge is 0.406 e. The van der Waals surface area contributed by atoms with Gasteiger partial charge in [-0.15, -0.1) is 10.2 Å². The molecular formula is C14H9ClN4O4. The summed E-state index contributed by atoms with van der Waals surface area (Å²) in [5.41, 5.74) is 0.597. The normalized spacial score (nSPS) is 10.5. The SMILES string of the molecule is O=[N+]([O-])c1ncccc1OCc1nnc(-c2ccccc2Cl)o1. The molecule has 0 saturated heterocycles. The predicted octanol–water partition coefficient (Wildman–Crippen LogP) is 3.27. The number of hydrogen-bond donors (Lipinski definition) is 0. The molecule has 2 aromatic heterocycles. The van der Waals surface area contributed by atoms with Gasteiger partial charge in [-0.25, -0.2) is 0 Å². The van der Waals surface area contributed by atoms with Crippen LogP contribution in [0.1, 0.15) is 5.89 Å². The molecule has 0 bridgehead atoms. The summed E-state index contributed by atoms with van der Waals surface area (Å²) in [7, 11) is 0. The van der Waals surface area contributed by atoms with Crippen LogP contribution in [0.2, 0.25) is 5.02 Å². The molecule has 3 rings (SSSR count). The van der Waals surface area contributed by atoms with E-state index in [0.717, 1.165) is 0 Å². The zero-order chi connectivity index (χ0) is 16.2. The zero-order valence-corrected chi connectivity index (χ0v) is 12.3. The second-order valence-electron chi connectivity index (χ2n) is 4.35. The van der Waals surface area contributed by atoms with E-state index in [-0.39, 0.29) is 30.0 Å². The minimum Gasteiger partial charge on any atom is -0.476 e. The average Bonchev–Trinajstić information content (AvgIpc) is 3.02. The van der Waals surface area contributed by atoms with Crippen molar-refractivity contribution in [2.45, 2.75) is 6.61 Å². The van der Waals surface area contributed by atoms with Crippen molar-refractivity contribution in [2.24, 2.45) is 0 Å². The third-order valence-electron chi connectivity index (χ3n) is 2.85. The van der Waals surface area contributed by atoms with E-state index in [1.165, 1.54) is 18.3 Å². The number of nitro groups is 1. The second kappa shape index (κ2) is 6.41. The molecule has 0 saturated carbocycles. The van der Waals surface area contributed by atoms with Gasteiger partial charge >= 0.3 is 5.82 Å². The fourth-order valence-corrected chi connectivity index (χ4v) is 2.04. The summed E-state index contributed by atoms with van der Waals surface area (Å²) in [6, 6.07) is 10.00. The van der Waals surface area contributed by atoms with E-state index in [1.54, 1.807) is 24.3 Å². The van der Waals surface area contributed by atoms with Crippen molar-refractivity contribution in [3.8, 4) is 17.2 Å². The van der Waals surface area contributed by atoms with E-state index >= 15 is 0 Å². The number of halogens is 1. The van der Waals surface area contributed by atoms with E-state index in [4.69, 9.17) is 20.8 Å². The van der Waals surface area contributed by atoms with Gasteiger partial charge < -0.3 is 19.3 Å². The predicted molar refractivity (Wildman–Crippen MR) is 80.0 cm³/mol. The molecule has 1 aromatic carbocycles. The molecule has 0 spiro atoms. The highest BCUT2D eigenvalue weighted by Crippen LogP contribution is 2.27. The van der Waals surface area contributed by atoms with E-state index < -0.39 is 4.92 Å². The zero-order valence-electron chi connectivity index (χ0n) is 11.5. The van der Waals surface area contributed by atoms with Gasteiger partial charge in [-0.3, -0.25) is 0 Å². The van der Waals surface area contributed by atoms with Crippen LogP contribution in [0, 0.1) is 10.1 Å². The first-order valence-corrected chi connectivity index (χ1v) is 6.82. The molecule has 0 aliphatic heterocycles. The molecule has 8 nitrogen and oxygen atoms in total. The first-order valence-electron chi connectivity index (χ1n) is 6.44. The number of rotatable bonds is 5. The lowest BCUT2D eigenvalue weighted by molar-refractivity contribution is -0.390. The molecule has 2 heterocycles. The molecule has 0 radical (unpaired) electrons. The molecule has 0 aliphatic carbocycles. The van der Waals surface area contributed by atoms with Gasteiger partial charge in [0, 0.05) is 0 Å². The van der Waals surface area contributed by atoms with Gasteiger partial charge in [0.2, 0.25) is 11.6 Å². The van der Waals surface area contributed by atoms with Crippen molar-refractivity contribution in [2.75, 3.05) is 0 Å². The lowest BCUT2D eigenvalue weighted by atomic mass is 10.2. The van der Waals surface area contributed by atoms with Crippen molar-refractivity contribution in [1.82, 2.24) is 15.2 Å². The second-order valence-corrected chi connectivity index (χ2v) is 4.76. The number of nitrogens with zero attached hydrogens (tertiary/aromatic N) is 4.